The van der Waals surface area contributed by atoms with Crippen LogP contribution < -0.4 is 14.8 Å². The lowest BCUT2D eigenvalue weighted by Crippen LogP contribution is -2.27. The minimum atomic E-state index is -0.0833. The number of anilines is 1. The second kappa shape index (κ2) is 7.34. The van der Waals surface area contributed by atoms with E-state index in [-0.39, 0.29) is 11.7 Å². The van der Waals surface area contributed by atoms with E-state index >= 15 is 0 Å². The van der Waals surface area contributed by atoms with Crippen molar-refractivity contribution in [3.8, 4) is 11.5 Å². The predicted octanol–water partition coefficient (Wildman–Crippen LogP) is 5.39. The summed E-state index contributed by atoms with van der Waals surface area (Å²) in [6.45, 7) is 4.38. The van der Waals surface area contributed by atoms with Crippen molar-refractivity contribution in [3.63, 3.8) is 0 Å². The maximum Gasteiger partial charge on any atom is 0.162 e. The van der Waals surface area contributed by atoms with E-state index in [0.717, 1.165) is 40.9 Å². The van der Waals surface area contributed by atoms with E-state index in [1.54, 1.807) is 14.2 Å². The summed E-state index contributed by atoms with van der Waals surface area (Å²) < 4.78 is 11.0. The van der Waals surface area contributed by atoms with E-state index in [9.17, 15) is 4.79 Å². The molecule has 2 aromatic rings. The molecule has 1 N–H and O–H groups in total. The fraction of sp³-hybridized carbons (Fsp3) is 0.375. The van der Waals surface area contributed by atoms with Gasteiger partial charge in [-0.05, 0) is 41.5 Å². The number of carbonyl (C=O) groups excluding carboxylic acids is 1. The number of methoxy groups -OCH3 is 2. The molecule has 1 heterocycles. The molecule has 146 valence electrons. The lowest BCUT2D eigenvalue weighted by Gasteiger charge is -2.34. The zero-order chi connectivity index (χ0) is 19.8. The minimum absolute atomic E-state index is 0.0833. The van der Waals surface area contributed by atoms with Crippen LogP contribution in [0.5, 0.6) is 11.5 Å². The summed E-state index contributed by atoms with van der Waals surface area (Å²) in [7, 11) is 3.29. The Bertz CT molecular complexity index is 941. The fourth-order valence-corrected chi connectivity index (χ4v) is 4.31. The summed E-state index contributed by atoms with van der Waals surface area (Å²) >= 11 is 0. The Balaban J connectivity index is 1.90. The van der Waals surface area contributed by atoms with Gasteiger partial charge in [0.2, 0.25) is 0 Å². The molecule has 2 aliphatic rings. The van der Waals surface area contributed by atoms with Crippen LogP contribution in [0.3, 0.4) is 0 Å². The van der Waals surface area contributed by atoms with Gasteiger partial charge < -0.3 is 14.8 Å². The zero-order valence-corrected chi connectivity index (χ0v) is 17.0. The molecule has 1 aliphatic carbocycles. The lowest BCUT2D eigenvalue weighted by molar-refractivity contribution is -0.116. The Hall–Kier alpha value is -2.75. The molecule has 0 saturated carbocycles. The van der Waals surface area contributed by atoms with Crippen molar-refractivity contribution in [1.82, 2.24) is 0 Å². The molecular formula is C24H27NO3. The summed E-state index contributed by atoms with van der Waals surface area (Å²) in [6.07, 6.45) is 2.41. The number of allylic oxidation sites excluding steroid dienone is 2. The summed E-state index contributed by atoms with van der Waals surface area (Å²) in [6, 6.07) is 12.7. The van der Waals surface area contributed by atoms with Gasteiger partial charge in [0.15, 0.2) is 17.3 Å². The van der Waals surface area contributed by atoms with E-state index < -0.39 is 0 Å². The molecule has 28 heavy (non-hydrogen) atoms. The minimum Gasteiger partial charge on any atom is -0.493 e. The van der Waals surface area contributed by atoms with E-state index in [1.165, 1.54) is 5.56 Å². The maximum absolute atomic E-state index is 12.9. The normalized spacial score (nSPS) is 18.5. The van der Waals surface area contributed by atoms with Crippen LogP contribution in [0.25, 0.3) is 0 Å². The fourth-order valence-electron chi connectivity index (χ4n) is 4.31. The smallest absolute Gasteiger partial charge is 0.162 e. The number of rotatable bonds is 4. The summed E-state index contributed by atoms with van der Waals surface area (Å²) in [5.41, 5.74) is 6.45. The Kier molecular flexibility index (Phi) is 4.88. The van der Waals surface area contributed by atoms with Gasteiger partial charge in [0.1, 0.15) is 0 Å². The van der Waals surface area contributed by atoms with Crippen molar-refractivity contribution in [2.45, 2.75) is 44.9 Å². The lowest BCUT2D eigenvalue weighted by atomic mass is 9.75. The van der Waals surface area contributed by atoms with Gasteiger partial charge in [0.05, 0.1) is 14.2 Å². The number of fused-ring (bicyclic) bond motifs is 1. The first-order valence-electron chi connectivity index (χ1n) is 9.92. The van der Waals surface area contributed by atoms with Gasteiger partial charge in [-0.25, -0.2) is 0 Å². The molecule has 1 atom stereocenters. The number of Topliss-reactive ketones (excluding diaryl/α,β-unsaturated/α-hetero) is 1. The molecule has 0 bridgehead atoms. The number of benzene rings is 2. The second-order valence-electron chi connectivity index (χ2n) is 7.84. The molecule has 4 nitrogen and oxygen atoms in total. The average molecular weight is 377 g/mol. The van der Waals surface area contributed by atoms with Crippen LogP contribution in [0.4, 0.5) is 5.69 Å². The molecule has 0 saturated heterocycles. The second-order valence-corrected chi connectivity index (χ2v) is 7.84. The number of hydrogen-bond acceptors (Lipinski definition) is 4. The average Bonchev–Trinajstić information content (AvgIpc) is 2.71. The number of ketones is 1. The van der Waals surface area contributed by atoms with Crippen LogP contribution in [0.15, 0.2) is 47.7 Å². The SMILES string of the molecule is COc1cc2c(cc1OC)[C@@H](c1ccc(C(C)C)cc1)C1=C(CCCC1=O)N2. The molecule has 0 aromatic heterocycles. The monoisotopic (exact) mass is 377 g/mol. The number of ether oxygens (including phenoxy) is 2. The molecule has 0 fully saturated rings. The van der Waals surface area contributed by atoms with Gasteiger partial charge in [-0.2, -0.15) is 0 Å². The summed E-state index contributed by atoms with van der Waals surface area (Å²) in [4.78, 5) is 12.9. The van der Waals surface area contributed by atoms with Gasteiger partial charge in [-0.3, -0.25) is 4.79 Å². The highest BCUT2D eigenvalue weighted by Crippen LogP contribution is 2.48. The van der Waals surface area contributed by atoms with Crippen molar-refractivity contribution in [1.29, 1.82) is 0 Å². The summed E-state index contributed by atoms with van der Waals surface area (Å²) in [5.74, 6) is 2.00. The molecular weight excluding hydrogens is 350 g/mol. The van der Waals surface area contributed by atoms with E-state index in [4.69, 9.17) is 9.47 Å². The summed E-state index contributed by atoms with van der Waals surface area (Å²) in [5, 5.41) is 3.51. The Morgan fingerprint density at radius 2 is 1.68 bits per heavy atom. The third-order valence-electron chi connectivity index (χ3n) is 5.83. The van der Waals surface area contributed by atoms with Gasteiger partial charge in [-0.15, -0.1) is 0 Å². The largest absolute Gasteiger partial charge is 0.493 e. The standard InChI is InChI=1S/C24H27NO3/c1-14(2)15-8-10-16(11-9-15)23-17-12-21(27-3)22(28-4)13-19(17)25-18-6-5-7-20(26)24(18)23/h8-14,23,25H,5-7H2,1-4H3/t23-/m1/s1. The maximum atomic E-state index is 12.9. The topological polar surface area (TPSA) is 47.6 Å². The quantitative estimate of drug-likeness (QED) is 0.776. The Morgan fingerprint density at radius 3 is 2.32 bits per heavy atom. The van der Waals surface area contributed by atoms with E-state index in [2.05, 4.69) is 43.4 Å². The van der Waals surface area contributed by atoms with Crippen molar-refractivity contribution >= 4 is 11.5 Å². The van der Waals surface area contributed by atoms with Crippen molar-refractivity contribution in [2.75, 3.05) is 19.5 Å². The third kappa shape index (κ3) is 3.07. The first-order chi connectivity index (χ1) is 13.5. The highest BCUT2D eigenvalue weighted by molar-refractivity contribution is 6.01. The van der Waals surface area contributed by atoms with Crippen LogP contribution >= 0.6 is 0 Å². The zero-order valence-electron chi connectivity index (χ0n) is 17.0. The molecule has 2 aromatic carbocycles. The highest BCUT2D eigenvalue weighted by Gasteiger charge is 2.35. The van der Waals surface area contributed by atoms with Gasteiger partial charge in [-0.1, -0.05) is 38.1 Å². The van der Waals surface area contributed by atoms with E-state index in [1.807, 2.05) is 12.1 Å². The Labute approximate surface area is 166 Å². The first-order valence-corrected chi connectivity index (χ1v) is 9.92. The number of carbonyl (C=O) groups is 1. The molecule has 0 unspecified atom stereocenters. The highest BCUT2D eigenvalue weighted by atomic mass is 16.5. The number of nitrogens with one attached hydrogen (secondary N) is 1. The predicted molar refractivity (Wildman–Crippen MR) is 111 cm³/mol. The van der Waals surface area contributed by atoms with Crippen LogP contribution in [0.1, 0.15) is 61.6 Å². The van der Waals surface area contributed by atoms with Gasteiger partial charge in [0, 0.05) is 35.4 Å². The Morgan fingerprint density at radius 1 is 1.00 bits per heavy atom. The van der Waals surface area contributed by atoms with Crippen molar-refractivity contribution < 1.29 is 14.3 Å². The van der Waals surface area contributed by atoms with Crippen LogP contribution in [0.2, 0.25) is 0 Å². The molecule has 1 aliphatic heterocycles. The van der Waals surface area contributed by atoms with Crippen molar-refractivity contribution in [3.05, 3.63) is 64.4 Å². The molecule has 4 heteroatoms. The van der Waals surface area contributed by atoms with Crippen LogP contribution in [-0.2, 0) is 4.79 Å². The van der Waals surface area contributed by atoms with Gasteiger partial charge in [0.25, 0.3) is 0 Å². The van der Waals surface area contributed by atoms with Crippen molar-refractivity contribution in [2.24, 2.45) is 0 Å². The molecule has 0 spiro atoms. The van der Waals surface area contributed by atoms with Crippen LogP contribution in [0, 0.1) is 0 Å². The molecule has 0 radical (unpaired) electrons. The van der Waals surface area contributed by atoms with E-state index in [0.29, 0.717) is 23.8 Å². The van der Waals surface area contributed by atoms with Crippen LogP contribution in [-0.4, -0.2) is 20.0 Å². The third-order valence-corrected chi connectivity index (χ3v) is 5.83. The molecule has 4 rings (SSSR count). The van der Waals surface area contributed by atoms with Gasteiger partial charge >= 0.3 is 0 Å². The molecule has 0 amide bonds. The first kappa shape index (κ1) is 18.6. The number of hydrogen-bond donors (Lipinski definition) is 1.